The topological polar surface area (TPSA) is 57.6 Å². The van der Waals surface area contributed by atoms with E-state index in [1.54, 1.807) is 16.7 Å². The van der Waals surface area contributed by atoms with Crippen LogP contribution in [-0.2, 0) is 9.59 Å². The smallest absolute Gasteiger partial charge is 0.327 e. The molecular formula is C15H25NO3S. The first-order valence-corrected chi connectivity index (χ1v) is 8.86. The van der Waals surface area contributed by atoms with E-state index in [2.05, 4.69) is 0 Å². The van der Waals surface area contributed by atoms with Gasteiger partial charge in [0.2, 0.25) is 5.91 Å². The van der Waals surface area contributed by atoms with Gasteiger partial charge in [0, 0.05) is 11.7 Å². The number of amides is 1. The maximum absolute atomic E-state index is 12.8. The van der Waals surface area contributed by atoms with Crippen LogP contribution < -0.4 is 0 Å². The molecule has 1 amide bonds. The molecule has 0 spiro atoms. The third-order valence-electron chi connectivity index (χ3n) is 4.44. The highest BCUT2D eigenvalue weighted by Gasteiger charge is 2.42. The summed E-state index contributed by atoms with van der Waals surface area (Å²) in [4.78, 5) is 25.9. The Morgan fingerprint density at radius 2 is 1.75 bits per heavy atom. The van der Waals surface area contributed by atoms with Gasteiger partial charge in [-0.2, -0.15) is 0 Å². The van der Waals surface area contributed by atoms with Crippen LogP contribution >= 0.6 is 11.8 Å². The number of rotatable bonds is 3. The van der Waals surface area contributed by atoms with Gasteiger partial charge < -0.3 is 10.0 Å². The van der Waals surface area contributed by atoms with E-state index < -0.39 is 12.0 Å². The van der Waals surface area contributed by atoms with Crippen LogP contribution in [0.15, 0.2) is 0 Å². The molecule has 0 aromatic rings. The van der Waals surface area contributed by atoms with Crippen LogP contribution in [0, 0.1) is 5.92 Å². The van der Waals surface area contributed by atoms with Crippen LogP contribution in [-0.4, -0.2) is 39.1 Å². The Kier molecular flexibility index (Phi) is 5.75. The van der Waals surface area contributed by atoms with Crippen molar-refractivity contribution in [3.8, 4) is 0 Å². The third-order valence-corrected chi connectivity index (χ3v) is 5.89. The summed E-state index contributed by atoms with van der Waals surface area (Å²) < 4.78 is 0. The lowest BCUT2D eigenvalue weighted by molar-refractivity contribution is -0.151. The zero-order valence-electron chi connectivity index (χ0n) is 12.2. The highest BCUT2D eigenvalue weighted by molar-refractivity contribution is 8.00. The number of carboxylic acid groups (broad SMARTS) is 1. The summed E-state index contributed by atoms with van der Waals surface area (Å²) in [5.41, 5.74) is 0. The molecule has 4 nitrogen and oxygen atoms in total. The van der Waals surface area contributed by atoms with Crippen molar-refractivity contribution in [2.24, 2.45) is 5.92 Å². The Labute approximate surface area is 125 Å². The van der Waals surface area contributed by atoms with Gasteiger partial charge in [-0.05, 0) is 19.3 Å². The summed E-state index contributed by atoms with van der Waals surface area (Å²) in [6.07, 6.45) is 8.59. The van der Waals surface area contributed by atoms with Crippen LogP contribution in [0.4, 0.5) is 0 Å². The zero-order valence-corrected chi connectivity index (χ0v) is 13.0. The first-order chi connectivity index (χ1) is 9.65. The summed E-state index contributed by atoms with van der Waals surface area (Å²) in [6.45, 7) is 2.03. The quantitative estimate of drug-likeness (QED) is 0.870. The first kappa shape index (κ1) is 15.7. The maximum Gasteiger partial charge on any atom is 0.327 e. The number of carboxylic acids is 1. The zero-order chi connectivity index (χ0) is 14.5. The van der Waals surface area contributed by atoms with Gasteiger partial charge in [0.1, 0.15) is 6.04 Å². The normalized spacial score (nSPS) is 28.9. The van der Waals surface area contributed by atoms with Crippen molar-refractivity contribution in [3.05, 3.63) is 0 Å². The van der Waals surface area contributed by atoms with Crippen molar-refractivity contribution < 1.29 is 14.7 Å². The van der Waals surface area contributed by atoms with Crippen molar-refractivity contribution in [2.75, 3.05) is 5.75 Å². The largest absolute Gasteiger partial charge is 0.480 e. The van der Waals surface area contributed by atoms with Gasteiger partial charge in [0.05, 0.1) is 5.37 Å². The van der Waals surface area contributed by atoms with Gasteiger partial charge in [-0.3, -0.25) is 4.79 Å². The van der Waals surface area contributed by atoms with E-state index in [-0.39, 0.29) is 17.2 Å². The molecule has 0 aromatic heterocycles. The van der Waals surface area contributed by atoms with Crippen molar-refractivity contribution in [1.82, 2.24) is 4.90 Å². The Morgan fingerprint density at radius 3 is 2.30 bits per heavy atom. The van der Waals surface area contributed by atoms with E-state index in [0.29, 0.717) is 5.75 Å². The average molecular weight is 299 g/mol. The van der Waals surface area contributed by atoms with Gasteiger partial charge in [-0.1, -0.05) is 39.0 Å². The Morgan fingerprint density at radius 1 is 1.15 bits per heavy atom. The van der Waals surface area contributed by atoms with E-state index in [1.165, 1.54) is 19.3 Å². The minimum Gasteiger partial charge on any atom is -0.480 e. The van der Waals surface area contributed by atoms with E-state index >= 15 is 0 Å². The molecule has 1 aliphatic heterocycles. The Balaban J connectivity index is 2.08. The summed E-state index contributed by atoms with van der Waals surface area (Å²) in [7, 11) is 0. The van der Waals surface area contributed by atoms with Gasteiger partial charge in [-0.15, -0.1) is 11.8 Å². The lowest BCUT2D eigenvalue weighted by Gasteiger charge is -2.31. The Bertz CT molecular complexity index is 353. The molecule has 2 atom stereocenters. The van der Waals surface area contributed by atoms with Crippen molar-refractivity contribution in [3.63, 3.8) is 0 Å². The fourth-order valence-electron chi connectivity index (χ4n) is 3.28. The second-order valence-electron chi connectivity index (χ2n) is 5.84. The molecular weight excluding hydrogens is 274 g/mol. The van der Waals surface area contributed by atoms with Gasteiger partial charge in [-0.25, -0.2) is 4.79 Å². The van der Waals surface area contributed by atoms with Crippen LogP contribution in [0.3, 0.4) is 0 Å². The number of carbonyl (C=O) groups is 2. The average Bonchev–Trinajstić information content (AvgIpc) is 2.81. The fraction of sp³-hybridized carbons (Fsp3) is 0.867. The standard InChI is InChI=1S/C15H25NO3S/c1-2-13-16(12(10-20-13)15(18)19)14(17)11-8-6-4-3-5-7-9-11/h11-13H,2-10H2,1H3,(H,18,19). The molecule has 0 radical (unpaired) electrons. The number of hydrogen-bond donors (Lipinski definition) is 1. The lowest BCUT2D eigenvalue weighted by Crippen LogP contribution is -2.48. The second-order valence-corrected chi connectivity index (χ2v) is 7.05. The number of nitrogens with zero attached hydrogens (tertiary/aromatic N) is 1. The molecule has 1 saturated heterocycles. The highest BCUT2D eigenvalue weighted by atomic mass is 32.2. The predicted octanol–water partition coefficient (Wildman–Crippen LogP) is 3.11. The minimum atomic E-state index is -0.854. The summed E-state index contributed by atoms with van der Waals surface area (Å²) >= 11 is 1.61. The van der Waals surface area contributed by atoms with Crippen LogP contribution in [0.25, 0.3) is 0 Å². The monoisotopic (exact) mass is 299 g/mol. The third kappa shape index (κ3) is 3.48. The minimum absolute atomic E-state index is 0.0462. The van der Waals surface area contributed by atoms with Crippen molar-refractivity contribution in [2.45, 2.75) is 69.7 Å². The number of hydrogen-bond acceptors (Lipinski definition) is 3. The van der Waals surface area contributed by atoms with E-state index in [1.807, 2.05) is 6.92 Å². The number of aliphatic carboxylic acids is 1. The molecule has 2 unspecified atom stereocenters. The molecule has 5 heteroatoms. The van der Waals surface area contributed by atoms with Gasteiger partial charge >= 0.3 is 5.97 Å². The van der Waals surface area contributed by atoms with Gasteiger partial charge in [0.15, 0.2) is 0 Å². The van der Waals surface area contributed by atoms with Crippen molar-refractivity contribution in [1.29, 1.82) is 0 Å². The summed E-state index contributed by atoms with van der Waals surface area (Å²) in [6, 6.07) is -0.622. The SMILES string of the molecule is CCC1SCC(C(=O)O)N1C(=O)C1CCCCCCC1. The lowest BCUT2D eigenvalue weighted by atomic mass is 9.90. The van der Waals surface area contributed by atoms with Crippen LogP contribution in [0.5, 0.6) is 0 Å². The van der Waals surface area contributed by atoms with Crippen LogP contribution in [0.2, 0.25) is 0 Å². The number of thioether (sulfide) groups is 1. The van der Waals surface area contributed by atoms with E-state index in [9.17, 15) is 14.7 Å². The first-order valence-electron chi connectivity index (χ1n) is 7.81. The predicted molar refractivity (Wildman–Crippen MR) is 80.6 cm³/mol. The molecule has 0 aromatic carbocycles. The molecule has 1 saturated carbocycles. The molecule has 2 rings (SSSR count). The van der Waals surface area contributed by atoms with Crippen LogP contribution in [0.1, 0.15) is 58.3 Å². The molecule has 1 N–H and O–H groups in total. The molecule has 2 aliphatic rings. The highest BCUT2D eigenvalue weighted by Crippen LogP contribution is 2.35. The maximum atomic E-state index is 12.8. The summed E-state index contributed by atoms with van der Waals surface area (Å²) in [5.74, 6) is -0.180. The molecule has 2 fully saturated rings. The second kappa shape index (κ2) is 7.34. The molecule has 1 aliphatic carbocycles. The number of carbonyl (C=O) groups excluding carboxylic acids is 1. The molecule has 114 valence electrons. The molecule has 20 heavy (non-hydrogen) atoms. The summed E-state index contributed by atoms with van der Waals surface area (Å²) in [5, 5.41) is 9.39. The molecule has 1 heterocycles. The fourth-order valence-corrected chi connectivity index (χ4v) is 4.63. The van der Waals surface area contributed by atoms with E-state index in [0.717, 1.165) is 32.1 Å². The molecule has 0 bridgehead atoms. The van der Waals surface area contributed by atoms with Crippen molar-refractivity contribution >= 4 is 23.6 Å². The van der Waals surface area contributed by atoms with Gasteiger partial charge in [0.25, 0.3) is 0 Å². The van der Waals surface area contributed by atoms with E-state index in [4.69, 9.17) is 0 Å². The Hall–Kier alpha value is -0.710.